The maximum Gasteiger partial charge on any atom is 0.321 e. The van der Waals surface area contributed by atoms with Crippen molar-refractivity contribution in [3.8, 4) is 11.8 Å². The molecule has 1 heterocycles. The van der Waals surface area contributed by atoms with Crippen LogP contribution in [-0.4, -0.2) is 15.9 Å². The molecule has 0 unspecified atom stereocenters. The van der Waals surface area contributed by atoms with Gasteiger partial charge in [0.2, 0.25) is 0 Å². The van der Waals surface area contributed by atoms with Gasteiger partial charge in [-0.15, -0.1) is 0 Å². The molecular formula is C18H14FN3O2. The quantitative estimate of drug-likeness (QED) is 0.782. The fraction of sp³-hybridized carbons (Fsp3) is 0.0556. The maximum atomic E-state index is 12.9. The molecule has 0 bridgehead atoms. The second-order valence-electron chi connectivity index (χ2n) is 4.97. The molecule has 3 aromatic rings. The summed E-state index contributed by atoms with van der Waals surface area (Å²) in [7, 11) is 0. The Balaban J connectivity index is 1.64. The zero-order valence-electron chi connectivity index (χ0n) is 12.6. The van der Waals surface area contributed by atoms with Gasteiger partial charge in [0, 0.05) is 24.5 Å². The highest BCUT2D eigenvalue weighted by molar-refractivity contribution is 5.94. The average molecular weight is 323 g/mol. The van der Waals surface area contributed by atoms with Gasteiger partial charge in [-0.1, -0.05) is 18.2 Å². The Labute approximate surface area is 138 Å². The first-order valence-corrected chi connectivity index (χ1v) is 7.28. The van der Waals surface area contributed by atoms with E-state index in [1.54, 1.807) is 54.9 Å². The van der Waals surface area contributed by atoms with Crippen molar-refractivity contribution >= 4 is 5.91 Å². The number of rotatable bonds is 5. The maximum absolute atomic E-state index is 12.9. The Bertz CT molecular complexity index is 823. The van der Waals surface area contributed by atoms with Gasteiger partial charge in [0.25, 0.3) is 5.91 Å². The minimum absolute atomic E-state index is 0.210. The summed E-state index contributed by atoms with van der Waals surface area (Å²) in [5.41, 5.74) is 1.26. The van der Waals surface area contributed by atoms with Crippen LogP contribution in [0.25, 0.3) is 0 Å². The molecule has 6 heteroatoms. The molecule has 0 saturated heterocycles. The second-order valence-corrected chi connectivity index (χ2v) is 4.97. The molecule has 3 rings (SSSR count). The van der Waals surface area contributed by atoms with Crippen LogP contribution in [-0.2, 0) is 6.54 Å². The predicted molar refractivity (Wildman–Crippen MR) is 86.1 cm³/mol. The smallest absolute Gasteiger partial charge is 0.321 e. The molecule has 0 atom stereocenters. The third-order valence-corrected chi connectivity index (χ3v) is 3.21. The molecule has 24 heavy (non-hydrogen) atoms. The Morgan fingerprint density at radius 1 is 1.04 bits per heavy atom. The highest BCUT2D eigenvalue weighted by Gasteiger charge is 2.08. The molecule has 0 fully saturated rings. The normalized spacial score (nSPS) is 10.2. The van der Waals surface area contributed by atoms with E-state index < -0.39 is 0 Å². The van der Waals surface area contributed by atoms with Gasteiger partial charge < -0.3 is 10.1 Å². The van der Waals surface area contributed by atoms with Gasteiger partial charge in [0.1, 0.15) is 11.6 Å². The third kappa shape index (κ3) is 4.13. The van der Waals surface area contributed by atoms with Crippen LogP contribution >= 0.6 is 0 Å². The van der Waals surface area contributed by atoms with Gasteiger partial charge in [-0.3, -0.25) is 4.79 Å². The first-order chi connectivity index (χ1) is 11.7. The number of carbonyl (C=O) groups excluding carboxylic acids is 1. The van der Waals surface area contributed by atoms with Crippen molar-refractivity contribution in [2.45, 2.75) is 6.54 Å². The summed E-state index contributed by atoms with van der Waals surface area (Å²) in [5, 5.41) is 2.78. The molecule has 120 valence electrons. The van der Waals surface area contributed by atoms with E-state index >= 15 is 0 Å². The van der Waals surface area contributed by atoms with E-state index in [1.807, 2.05) is 0 Å². The number of aromatic nitrogens is 2. The van der Waals surface area contributed by atoms with E-state index in [4.69, 9.17) is 4.74 Å². The van der Waals surface area contributed by atoms with Gasteiger partial charge >= 0.3 is 6.01 Å². The second kappa shape index (κ2) is 7.32. The molecule has 1 aromatic heterocycles. The molecule has 0 spiro atoms. The van der Waals surface area contributed by atoms with Crippen molar-refractivity contribution in [3.63, 3.8) is 0 Å². The Morgan fingerprint density at radius 3 is 2.54 bits per heavy atom. The fourth-order valence-electron chi connectivity index (χ4n) is 2.03. The zero-order chi connectivity index (χ0) is 16.8. The van der Waals surface area contributed by atoms with Crippen LogP contribution in [0, 0.1) is 5.82 Å². The molecular weight excluding hydrogens is 309 g/mol. The van der Waals surface area contributed by atoms with Gasteiger partial charge in [-0.2, -0.15) is 0 Å². The highest BCUT2D eigenvalue weighted by Crippen LogP contribution is 2.18. The lowest BCUT2D eigenvalue weighted by Crippen LogP contribution is -2.22. The van der Waals surface area contributed by atoms with E-state index in [-0.39, 0.29) is 17.7 Å². The third-order valence-electron chi connectivity index (χ3n) is 3.21. The molecule has 0 saturated carbocycles. The van der Waals surface area contributed by atoms with Crippen LogP contribution in [0.4, 0.5) is 4.39 Å². The first-order valence-electron chi connectivity index (χ1n) is 7.28. The summed E-state index contributed by atoms with van der Waals surface area (Å²) >= 11 is 0. The van der Waals surface area contributed by atoms with Crippen molar-refractivity contribution in [3.05, 3.63) is 83.9 Å². The average Bonchev–Trinajstić information content (AvgIpc) is 2.62. The van der Waals surface area contributed by atoms with Crippen LogP contribution in [0.5, 0.6) is 11.8 Å². The monoisotopic (exact) mass is 323 g/mol. The fourth-order valence-corrected chi connectivity index (χ4v) is 2.03. The van der Waals surface area contributed by atoms with Gasteiger partial charge in [0.15, 0.2) is 0 Å². The molecule has 0 aliphatic rings. The van der Waals surface area contributed by atoms with E-state index in [2.05, 4.69) is 15.3 Å². The minimum atomic E-state index is -0.307. The topological polar surface area (TPSA) is 64.1 Å². The summed E-state index contributed by atoms with van der Waals surface area (Å²) in [6.45, 7) is 0.312. The lowest BCUT2D eigenvalue weighted by Gasteiger charge is -2.07. The number of hydrogen-bond acceptors (Lipinski definition) is 4. The number of nitrogens with one attached hydrogen (secondary N) is 1. The number of hydrogen-bond donors (Lipinski definition) is 1. The van der Waals surface area contributed by atoms with E-state index in [0.717, 1.165) is 5.56 Å². The SMILES string of the molecule is O=C(NCc1ccc(F)cc1)c1cccc(Oc2ncccn2)c1. The lowest BCUT2D eigenvalue weighted by atomic mass is 10.2. The van der Waals surface area contributed by atoms with Crippen molar-refractivity contribution in [1.29, 1.82) is 0 Å². The van der Waals surface area contributed by atoms with Crippen LogP contribution in [0.3, 0.4) is 0 Å². The number of halogens is 1. The molecule has 0 aliphatic carbocycles. The van der Waals surface area contributed by atoms with Crippen LogP contribution in [0.15, 0.2) is 67.0 Å². The van der Waals surface area contributed by atoms with Crippen LogP contribution in [0.1, 0.15) is 15.9 Å². The molecule has 0 radical (unpaired) electrons. The zero-order valence-corrected chi connectivity index (χ0v) is 12.6. The number of benzene rings is 2. The molecule has 5 nitrogen and oxygen atoms in total. The summed E-state index contributed by atoms with van der Waals surface area (Å²) < 4.78 is 18.4. The number of amides is 1. The molecule has 2 aromatic carbocycles. The summed E-state index contributed by atoms with van der Waals surface area (Å²) in [4.78, 5) is 20.2. The van der Waals surface area contributed by atoms with Crippen LogP contribution < -0.4 is 10.1 Å². The van der Waals surface area contributed by atoms with Crippen molar-refractivity contribution in [2.24, 2.45) is 0 Å². The van der Waals surface area contributed by atoms with Gasteiger partial charge in [-0.25, -0.2) is 14.4 Å². The molecule has 1 N–H and O–H groups in total. The molecule has 1 amide bonds. The Morgan fingerprint density at radius 2 is 1.79 bits per heavy atom. The number of nitrogens with zero attached hydrogens (tertiary/aromatic N) is 2. The van der Waals surface area contributed by atoms with E-state index in [9.17, 15) is 9.18 Å². The highest BCUT2D eigenvalue weighted by atomic mass is 19.1. The Hall–Kier alpha value is -3.28. The molecule has 0 aliphatic heterocycles. The lowest BCUT2D eigenvalue weighted by molar-refractivity contribution is 0.0950. The number of ether oxygens (including phenoxy) is 1. The standard InChI is InChI=1S/C18H14FN3O2/c19-15-7-5-13(6-8-15)12-22-17(23)14-3-1-4-16(11-14)24-18-20-9-2-10-21-18/h1-11H,12H2,(H,22,23). The largest absolute Gasteiger partial charge is 0.424 e. The van der Waals surface area contributed by atoms with Crippen molar-refractivity contribution < 1.29 is 13.9 Å². The van der Waals surface area contributed by atoms with Gasteiger partial charge in [0.05, 0.1) is 0 Å². The summed E-state index contributed by atoms with van der Waals surface area (Å²) in [6, 6.07) is 14.6. The summed E-state index contributed by atoms with van der Waals surface area (Å²) in [5.74, 6) is -0.0903. The minimum Gasteiger partial charge on any atom is -0.424 e. The van der Waals surface area contributed by atoms with Gasteiger partial charge in [-0.05, 0) is 42.0 Å². The van der Waals surface area contributed by atoms with E-state index in [0.29, 0.717) is 17.9 Å². The van der Waals surface area contributed by atoms with Crippen molar-refractivity contribution in [2.75, 3.05) is 0 Å². The van der Waals surface area contributed by atoms with E-state index in [1.165, 1.54) is 12.1 Å². The Kier molecular flexibility index (Phi) is 4.76. The summed E-state index contributed by atoms with van der Waals surface area (Å²) in [6.07, 6.45) is 3.14. The predicted octanol–water partition coefficient (Wildman–Crippen LogP) is 3.34. The number of carbonyl (C=O) groups is 1. The first kappa shape index (κ1) is 15.6. The van der Waals surface area contributed by atoms with Crippen molar-refractivity contribution in [1.82, 2.24) is 15.3 Å². The van der Waals surface area contributed by atoms with Crippen LogP contribution in [0.2, 0.25) is 0 Å².